The molecule has 0 unspecified atom stereocenters. The number of halogens is 3. The molecule has 3 nitrogen and oxygen atoms in total. The second kappa shape index (κ2) is 5.21. The van der Waals surface area contributed by atoms with E-state index in [1.54, 1.807) is 0 Å². The van der Waals surface area contributed by atoms with Crippen LogP contribution in [0.1, 0.15) is 23.2 Å². The predicted octanol–water partition coefficient (Wildman–Crippen LogP) is 3.30. The van der Waals surface area contributed by atoms with E-state index in [1.807, 2.05) is 0 Å². The van der Waals surface area contributed by atoms with Gasteiger partial charge in [0.05, 0.1) is 22.2 Å². The summed E-state index contributed by atoms with van der Waals surface area (Å²) in [6, 6.07) is 2.25. The van der Waals surface area contributed by atoms with Gasteiger partial charge in [-0.15, -0.1) is 0 Å². The summed E-state index contributed by atoms with van der Waals surface area (Å²) in [5.74, 6) is -1.11. The second-order valence-electron chi connectivity index (χ2n) is 3.69. The Kier molecular flexibility index (Phi) is 3.86. The summed E-state index contributed by atoms with van der Waals surface area (Å²) in [5, 5.41) is 1.22. The van der Waals surface area contributed by atoms with Gasteiger partial charge in [-0.3, -0.25) is 9.63 Å². The first-order valence-corrected chi connectivity index (χ1v) is 5.94. The van der Waals surface area contributed by atoms with Gasteiger partial charge in [0.15, 0.2) is 0 Å². The molecule has 0 radical (unpaired) electrons. The van der Waals surface area contributed by atoms with Crippen molar-refractivity contribution in [2.24, 2.45) is 0 Å². The van der Waals surface area contributed by atoms with E-state index in [9.17, 15) is 9.18 Å². The molecule has 1 fully saturated rings. The Labute approximate surface area is 108 Å². The Morgan fingerprint density at radius 2 is 2.06 bits per heavy atom. The molecule has 0 spiro atoms. The van der Waals surface area contributed by atoms with Crippen LogP contribution in [0.5, 0.6) is 0 Å². The normalized spacial score (nSPS) is 16.1. The van der Waals surface area contributed by atoms with Crippen LogP contribution >= 0.6 is 23.2 Å². The summed E-state index contributed by atoms with van der Waals surface area (Å²) in [4.78, 5) is 17.2. The number of nitrogens with zero attached hydrogens (tertiary/aromatic N) is 1. The highest BCUT2D eigenvalue weighted by molar-refractivity contribution is 6.36. The molecule has 1 aromatic rings. The molecule has 1 heterocycles. The van der Waals surface area contributed by atoms with Crippen LogP contribution in [0.25, 0.3) is 0 Å². The standard InChI is InChI=1S/C11H10Cl2FNO2/c12-8-6-9(13)10(14)5-7(8)11(16)15-3-1-2-4-17-15/h5-6H,1-4H2. The highest BCUT2D eigenvalue weighted by atomic mass is 35.5. The number of amides is 1. The minimum absolute atomic E-state index is 0.0652. The van der Waals surface area contributed by atoms with Gasteiger partial charge in [-0.2, -0.15) is 0 Å². The number of rotatable bonds is 1. The lowest BCUT2D eigenvalue weighted by molar-refractivity contribution is -0.144. The van der Waals surface area contributed by atoms with Gasteiger partial charge in [-0.05, 0) is 25.0 Å². The van der Waals surface area contributed by atoms with Gasteiger partial charge in [0, 0.05) is 6.54 Å². The SMILES string of the molecule is O=C(c1cc(F)c(Cl)cc1Cl)N1CCCCO1. The first-order chi connectivity index (χ1) is 8.09. The lowest BCUT2D eigenvalue weighted by atomic mass is 10.2. The maximum atomic E-state index is 13.3. The zero-order chi connectivity index (χ0) is 12.4. The van der Waals surface area contributed by atoms with E-state index in [2.05, 4.69) is 0 Å². The molecule has 17 heavy (non-hydrogen) atoms. The van der Waals surface area contributed by atoms with Crippen LogP contribution in [0.2, 0.25) is 10.0 Å². The molecule has 0 atom stereocenters. The summed E-state index contributed by atoms with van der Waals surface area (Å²) in [6.07, 6.45) is 1.77. The molecule has 1 aliphatic rings. The topological polar surface area (TPSA) is 29.5 Å². The fourth-order valence-electron chi connectivity index (χ4n) is 1.58. The number of hydrogen-bond donors (Lipinski definition) is 0. The van der Waals surface area contributed by atoms with E-state index < -0.39 is 11.7 Å². The molecule has 0 aromatic heterocycles. The summed E-state index contributed by atoms with van der Waals surface area (Å²) < 4.78 is 13.3. The summed E-state index contributed by atoms with van der Waals surface area (Å²) in [5.41, 5.74) is 0.0652. The van der Waals surface area contributed by atoms with Crippen molar-refractivity contribution >= 4 is 29.1 Å². The smallest absolute Gasteiger partial charge is 0.271 e. The predicted molar refractivity (Wildman–Crippen MR) is 62.6 cm³/mol. The van der Waals surface area contributed by atoms with E-state index in [0.717, 1.165) is 18.9 Å². The Morgan fingerprint density at radius 3 is 2.71 bits per heavy atom. The van der Waals surface area contributed by atoms with Crippen LogP contribution in [0.4, 0.5) is 4.39 Å². The van der Waals surface area contributed by atoms with Gasteiger partial charge < -0.3 is 0 Å². The van der Waals surface area contributed by atoms with Crippen LogP contribution in [0, 0.1) is 5.82 Å². The average molecular weight is 278 g/mol. The molecular weight excluding hydrogens is 268 g/mol. The quantitative estimate of drug-likeness (QED) is 0.738. The van der Waals surface area contributed by atoms with Crippen molar-refractivity contribution in [3.05, 3.63) is 33.6 Å². The fraction of sp³-hybridized carbons (Fsp3) is 0.364. The maximum Gasteiger partial charge on any atom is 0.279 e. The van der Waals surface area contributed by atoms with Crippen molar-refractivity contribution in [1.82, 2.24) is 5.06 Å². The number of carbonyl (C=O) groups is 1. The van der Waals surface area contributed by atoms with Crippen molar-refractivity contribution in [2.45, 2.75) is 12.8 Å². The fourth-order valence-corrected chi connectivity index (χ4v) is 2.04. The van der Waals surface area contributed by atoms with Crippen molar-refractivity contribution in [3.8, 4) is 0 Å². The van der Waals surface area contributed by atoms with E-state index in [1.165, 1.54) is 11.1 Å². The Bertz CT molecular complexity index is 447. The van der Waals surface area contributed by atoms with E-state index in [-0.39, 0.29) is 15.6 Å². The van der Waals surface area contributed by atoms with Crippen LogP contribution in [-0.4, -0.2) is 24.1 Å². The summed E-state index contributed by atoms with van der Waals surface area (Å²) in [6.45, 7) is 0.971. The van der Waals surface area contributed by atoms with Crippen LogP contribution < -0.4 is 0 Å². The first kappa shape index (κ1) is 12.6. The van der Waals surface area contributed by atoms with E-state index in [0.29, 0.717) is 13.2 Å². The minimum Gasteiger partial charge on any atom is -0.271 e. The molecule has 0 saturated carbocycles. The molecule has 2 rings (SSSR count). The molecule has 92 valence electrons. The Hall–Kier alpha value is -0.840. The minimum atomic E-state index is -0.670. The summed E-state index contributed by atoms with van der Waals surface area (Å²) >= 11 is 11.4. The third kappa shape index (κ3) is 2.70. The molecule has 0 N–H and O–H groups in total. The van der Waals surface area contributed by atoms with Gasteiger partial charge >= 0.3 is 0 Å². The molecular formula is C11H10Cl2FNO2. The molecule has 6 heteroatoms. The zero-order valence-corrected chi connectivity index (χ0v) is 10.4. The molecule has 1 saturated heterocycles. The maximum absolute atomic E-state index is 13.3. The van der Waals surface area contributed by atoms with Crippen molar-refractivity contribution in [2.75, 3.05) is 13.2 Å². The average Bonchev–Trinajstić information content (AvgIpc) is 2.34. The highest BCUT2D eigenvalue weighted by Crippen LogP contribution is 2.26. The van der Waals surface area contributed by atoms with Gasteiger partial charge in [-0.25, -0.2) is 9.45 Å². The van der Waals surface area contributed by atoms with Crippen molar-refractivity contribution in [1.29, 1.82) is 0 Å². The lowest BCUT2D eigenvalue weighted by Crippen LogP contribution is -2.35. The molecule has 1 aromatic carbocycles. The number of carbonyl (C=O) groups excluding carboxylic acids is 1. The van der Waals surface area contributed by atoms with Gasteiger partial charge in [-0.1, -0.05) is 23.2 Å². The monoisotopic (exact) mass is 277 g/mol. The third-order valence-electron chi connectivity index (χ3n) is 2.47. The Balaban J connectivity index is 2.26. The van der Waals surface area contributed by atoms with E-state index in [4.69, 9.17) is 28.0 Å². The molecule has 0 bridgehead atoms. The lowest BCUT2D eigenvalue weighted by Gasteiger charge is -2.26. The number of hydrogen-bond acceptors (Lipinski definition) is 2. The number of benzene rings is 1. The molecule has 1 amide bonds. The molecule has 0 aliphatic carbocycles. The van der Waals surface area contributed by atoms with Gasteiger partial charge in [0.1, 0.15) is 5.82 Å². The largest absolute Gasteiger partial charge is 0.279 e. The van der Waals surface area contributed by atoms with Crippen LogP contribution in [0.3, 0.4) is 0 Å². The van der Waals surface area contributed by atoms with Crippen molar-refractivity contribution < 1.29 is 14.0 Å². The molecule has 1 aliphatic heterocycles. The van der Waals surface area contributed by atoms with Gasteiger partial charge in [0.2, 0.25) is 0 Å². The van der Waals surface area contributed by atoms with Crippen molar-refractivity contribution in [3.63, 3.8) is 0 Å². The number of hydroxylamine groups is 2. The van der Waals surface area contributed by atoms with E-state index >= 15 is 0 Å². The third-order valence-corrected chi connectivity index (χ3v) is 3.07. The van der Waals surface area contributed by atoms with Crippen LogP contribution in [0.15, 0.2) is 12.1 Å². The second-order valence-corrected chi connectivity index (χ2v) is 4.51. The van der Waals surface area contributed by atoms with Gasteiger partial charge in [0.25, 0.3) is 5.91 Å². The Morgan fingerprint density at radius 1 is 1.29 bits per heavy atom. The first-order valence-electron chi connectivity index (χ1n) is 5.19. The zero-order valence-electron chi connectivity index (χ0n) is 8.88. The highest BCUT2D eigenvalue weighted by Gasteiger charge is 2.22. The van der Waals surface area contributed by atoms with Crippen LogP contribution in [-0.2, 0) is 4.84 Å². The summed E-state index contributed by atoms with van der Waals surface area (Å²) in [7, 11) is 0.